The van der Waals surface area contributed by atoms with Crippen molar-refractivity contribution >= 4 is 0 Å². The molecule has 0 fully saturated rings. The number of rotatable bonds is 18. The van der Waals surface area contributed by atoms with Gasteiger partial charge in [-0.15, -0.1) is 0 Å². The molecule has 1 aliphatic heterocycles. The SMILES string of the molecule is CCCCCCCCCCCCCCCN1C=CN(CCCC)C1c1ccccc1. The molecule has 0 N–H and O–H groups in total. The second-order valence-corrected chi connectivity index (χ2v) is 9.15. The molecule has 30 heavy (non-hydrogen) atoms. The Morgan fingerprint density at radius 1 is 0.533 bits per heavy atom. The molecule has 0 saturated heterocycles. The zero-order chi connectivity index (χ0) is 21.3. The Bertz CT molecular complexity index is 539. The van der Waals surface area contributed by atoms with Gasteiger partial charge in [-0.3, -0.25) is 0 Å². The van der Waals surface area contributed by atoms with Gasteiger partial charge in [0.15, 0.2) is 0 Å². The fraction of sp³-hybridized carbons (Fsp3) is 0.714. The lowest BCUT2D eigenvalue weighted by Crippen LogP contribution is -2.32. The Balaban J connectivity index is 1.56. The van der Waals surface area contributed by atoms with Crippen LogP contribution in [0.4, 0.5) is 0 Å². The van der Waals surface area contributed by atoms with E-state index in [4.69, 9.17) is 0 Å². The average molecular weight is 413 g/mol. The van der Waals surface area contributed by atoms with Crippen LogP contribution in [-0.4, -0.2) is 22.9 Å². The van der Waals surface area contributed by atoms with Gasteiger partial charge in [-0.05, 0) is 18.4 Å². The van der Waals surface area contributed by atoms with Crippen LogP contribution in [0, 0.1) is 0 Å². The normalized spacial score (nSPS) is 16.0. The summed E-state index contributed by atoms with van der Waals surface area (Å²) >= 11 is 0. The van der Waals surface area contributed by atoms with E-state index in [9.17, 15) is 0 Å². The van der Waals surface area contributed by atoms with Gasteiger partial charge in [0, 0.05) is 25.5 Å². The van der Waals surface area contributed by atoms with Gasteiger partial charge in [0.2, 0.25) is 0 Å². The number of benzene rings is 1. The summed E-state index contributed by atoms with van der Waals surface area (Å²) < 4.78 is 0. The van der Waals surface area contributed by atoms with Crippen LogP contribution in [0.1, 0.15) is 122 Å². The minimum absolute atomic E-state index is 0.398. The maximum Gasteiger partial charge on any atom is 0.127 e. The minimum atomic E-state index is 0.398. The molecule has 0 aromatic heterocycles. The van der Waals surface area contributed by atoms with E-state index in [1.807, 2.05) is 0 Å². The summed E-state index contributed by atoms with van der Waals surface area (Å²) in [6.07, 6.45) is 26.0. The predicted octanol–water partition coefficient (Wildman–Crippen LogP) is 8.67. The van der Waals surface area contributed by atoms with Crippen molar-refractivity contribution < 1.29 is 0 Å². The van der Waals surface area contributed by atoms with E-state index in [0.29, 0.717) is 6.17 Å². The fourth-order valence-corrected chi connectivity index (χ4v) is 4.58. The minimum Gasteiger partial charge on any atom is -0.352 e. The third-order valence-corrected chi connectivity index (χ3v) is 6.47. The van der Waals surface area contributed by atoms with Gasteiger partial charge in [-0.1, -0.05) is 128 Å². The Labute approximate surface area is 187 Å². The van der Waals surface area contributed by atoms with Crippen LogP contribution in [0.3, 0.4) is 0 Å². The van der Waals surface area contributed by atoms with Crippen molar-refractivity contribution in [2.24, 2.45) is 0 Å². The van der Waals surface area contributed by atoms with Crippen LogP contribution in [-0.2, 0) is 0 Å². The first kappa shape index (κ1) is 24.8. The maximum absolute atomic E-state index is 2.56. The number of nitrogens with zero attached hydrogens (tertiary/aromatic N) is 2. The summed E-state index contributed by atoms with van der Waals surface area (Å²) in [4.78, 5) is 5.09. The fourth-order valence-electron chi connectivity index (χ4n) is 4.58. The van der Waals surface area contributed by atoms with Crippen LogP contribution < -0.4 is 0 Å². The first-order valence-electron chi connectivity index (χ1n) is 13.1. The lowest BCUT2D eigenvalue weighted by atomic mass is 10.0. The van der Waals surface area contributed by atoms with Crippen LogP contribution >= 0.6 is 0 Å². The molecule has 0 spiro atoms. The van der Waals surface area contributed by atoms with Crippen molar-refractivity contribution in [3.8, 4) is 0 Å². The summed E-state index contributed by atoms with van der Waals surface area (Å²) in [7, 11) is 0. The average Bonchev–Trinajstić information content (AvgIpc) is 3.18. The van der Waals surface area contributed by atoms with E-state index in [1.165, 1.54) is 108 Å². The summed E-state index contributed by atoms with van der Waals surface area (Å²) in [5.74, 6) is 0. The molecule has 170 valence electrons. The quantitative estimate of drug-likeness (QED) is 0.222. The molecule has 2 nitrogen and oxygen atoms in total. The van der Waals surface area contributed by atoms with Gasteiger partial charge in [0.1, 0.15) is 6.17 Å². The third-order valence-electron chi connectivity index (χ3n) is 6.47. The van der Waals surface area contributed by atoms with Gasteiger partial charge in [0.25, 0.3) is 0 Å². The molecule has 1 heterocycles. The molecule has 1 aromatic rings. The van der Waals surface area contributed by atoms with E-state index < -0.39 is 0 Å². The summed E-state index contributed by atoms with van der Waals surface area (Å²) in [6.45, 7) is 6.91. The molecule has 0 amide bonds. The molecule has 0 radical (unpaired) electrons. The molecule has 1 atom stereocenters. The molecule has 2 rings (SSSR count). The molecule has 2 heteroatoms. The number of hydrogen-bond donors (Lipinski definition) is 0. The second kappa shape index (κ2) is 16.3. The zero-order valence-corrected chi connectivity index (χ0v) is 20.0. The van der Waals surface area contributed by atoms with Gasteiger partial charge in [0.05, 0.1) is 0 Å². The van der Waals surface area contributed by atoms with Gasteiger partial charge < -0.3 is 9.80 Å². The largest absolute Gasteiger partial charge is 0.352 e. The van der Waals surface area contributed by atoms with Gasteiger partial charge in [-0.2, -0.15) is 0 Å². The maximum atomic E-state index is 2.56. The van der Waals surface area contributed by atoms with Crippen molar-refractivity contribution in [2.75, 3.05) is 13.1 Å². The monoisotopic (exact) mass is 412 g/mol. The number of unbranched alkanes of at least 4 members (excludes halogenated alkanes) is 13. The van der Waals surface area contributed by atoms with E-state index >= 15 is 0 Å². The van der Waals surface area contributed by atoms with Crippen molar-refractivity contribution in [1.82, 2.24) is 9.80 Å². The molecule has 0 bridgehead atoms. The molecular weight excluding hydrogens is 364 g/mol. The number of hydrogen-bond acceptors (Lipinski definition) is 2. The summed E-state index contributed by atoms with van der Waals surface area (Å²) in [6, 6.07) is 11.0. The highest BCUT2D eigenvalue weighted by Gasteiger charge is 2.26. The van der Waals surface area contributed by atoms with Crippen LogP contribution in [0.2, 0.25) is 0 Å². The standard InChI is InChI=1S/C28H48N2/c1-3-5-7-8-9-10-11-12-13-14-15-16-20-24-30-26-25-29(23-6-4-2)28(30)27-21-18-17-19-22-27/h17-19,21-22,25-26,28H,3-16,20,23-24H2,1-2H3. The van der Waals surface area contributed by atoms with Crippen LogP contribution in [0.25, 0.3) is 0 Å². The summed E-state index contributed by atoms with van der Waals surface area (Å²) in [5, 5.41) is 0. The highest BCUT2D eigenvalue weighted by atomic mass is 15.4. The lowest BCUT2D eigenvalue weighted by molar-refractivity contribution is 0.150. The van der Waals surface area contributed by atoms with E-state index in [2.05, 4.69) is 66.4 Å². The Morgan fingerprint density at radius 2 is 0.967 bits per heavy atom. The van der Waals surface area contributed by atoms with E-state index in [-0.39, 0.29) is 0 Å². The van der Waals surface area contributed by atoms with E-state index in [0.717, 1.165) is 6.54 Å². The molecular formula is C28H48N2. The smallest absolute Gasteiger partial charge is 0.127 e. The first-order chi connectivity index (χ1) is 14.9. The molecule has 1 unspecified atom stereocenters. The van der Waals surface area contributed by atoms with Crippen molar-refractivity contribution in [2.45, 2.75) is 116 Å². The van der Waals surface area contributed by atoms with Gasteiger partial charge >= 0.3 is 0 Å². The van der Waals surface area contributed by atoms with Crippen LogP contribution in [0.15, 0.2) is 42.7 Å². The highest BCUT2D eigenvalue weighted by molar-refractivity contribution is 5.21. The van der Waals surface area contributed by atoms with Gasteiger partial charge in [-0.25, -0.2) is 0 Å². The van der Waals surface area contributed by atoms with Crippen molar-refractivity contribution in [1.29, 1.82) is 0 Å². The zero-order valence-electron chi connectivity index (χ0n) is 20.0. The Morgan fingerprint density at radius 3 is 1.47 bits per heavy atom. The third kappa shape index (κ3) is 9.58. The molecule has 1 aliphatic rings. The first-order valence-corrected chi connectivity index (χ1v) is 13.1. The molecule has 1 aromatic carbocycles. The summed E-state index contributed by atoms with van der Waals surface area (Å²) in [5.41, 5.74) is 1.42. The Kier molecular flexibility index (Phi) is 13.5. The second-order valence-electron chi connectivity index (χ2n) is 9.15. The lowest BCUT2D eigenvalue weighted by Gasteiger charge is -2.33. The van der Waals surface area contributed by atoms with Crippen molar-refractivity contribution in [3.63, 3.8) is 0 Å². The topological polar surface area (TPSA) is 6.48 Å². The molecule has 0 saturated carbocycles. The predicted molar refractivity (Wildman–Crippen MR) is 132 cm³/mol. The molecule has 0 aliphatic carbocycles. The van der Waals surface area contributed by atoms with Crippen molar-refractivity contribution in [3.05, 3.63) is 48.3 Å². The van der Waals surface area contributed by atoms with E-state index in [1.54, 1.807) is 0 Å². The highest BCUT2D eigenvalue weighted by Crippen LogP contribution is 2.31. The van der Waals surface area contributed by atoms with Crippen LogP contribution in [0.5, 0.6) is 0 Å². The Hall–Kier alpha value is -1.44.